The van der Waals surface area contributed by atoms with Crippen molar-refractivity contribution in [2.75, 3.05) is 0 Å². The van der Waals surface area contributed by atoms with Crippen molar-refractivity contribution in [2.45, 2.75) is 38.9 Å². The van der Waals surface area contributed by atoms with E-state index in [4.69, 9.17) is 0 Å². The van der Waals surface area contributed by atoms with Gasteiger partial charge in [-0.05, 0) is 23.4 Å². The zero-order valence-corrected chi connectivity index (χ0v) is 22.2. The van der Waals surface area contributed by atoms with Crippen molar-refractivity contribution >= 4 is 76.3 Å². The van der Waals surface area contributed by atoms with Crippen molar-refractivity contribution in [3.05, 3.63) is 91.0 Å². The molecular formula is C30H30S2Si. The Kier molecular flexibility index (Phi) is 6.37. The minimum absolute atomic E-state index is 1.31. The molecule has 0 spiro atoms. The maximum atomic E-state index is 2.42. The fraction of sp³-hybridized carbons (Fsp3) is 0.200. The summed E-state index contributed by atoms with van der Waals surface area (Å²) in [5, 5.41) is 7.35. The van der Waals surface area contributed by atoms with Crippen molar-refractivity contribution in [3.63, 3.8) is 0 Å². The van der Waals surface area contributed by atoms with Crippen molar-refractivity contribution in [3.8, 4) is 0 Å². The van der Waals surface area contributed by atoms with Crippen molar-refractivity contribution in [1.29, 1.82) is 0 Å². The van der Waals surface area contributed by atoms with Crippen LogP contribution in [0.5, 0.6) is 0 Å². The summed E-state index contributed by atoms with van der Waals surface area (Å²) in [7, 11) is -1.31. The lowest BCUT2D eigenvalue weighted by Crippen LogP contribution is -2.45. The van der Waals surface area contributed by atoms with Crippen LogP contribution in [0, 0.1) is 0 Å². The number of hydrogen-bond donors (Lipinski definition) is 0. The Hall–Kier alpha value is -2.46. The highest BCUT2D eigenvalue weighted by atomic mass is 32.1. The molecule has 4 aromatic carbocycles. The summed E-state index contributed by atoms with van der Waals surface area (Å²) < 4.78 is 5.75. The average Bonchev–Trinajstić information content (AvgIpc) is 3.45. The van der Waals surface area contributed by atoms with E-state index < -0.39 is 8.07 Å². The van der Waals surface area contributed by atoms with Gasteiger partial charge >= 0.3 is 0 Å². The molecule has 0 aliphatic rings. The third kappa shape index (κ3) is 3.93. The van der Waals surface area contributed by atoms with Gasteiger partial charge in [-0.25, -0.2) is 0 Å². The molecule has 0 fully saturated rings. The predicted molar refractivity (Wildman–Crippen MR) is 155 cm³/mol. The average molecular weight is 483 g/mol. The van der Waals surface area contributed by atoms with Gasteiger partial charge in [0, 0.05) is 40.3 Å². The summed E-state index contributed by atoms with van der Waals surface area (Å²) in [5.74, 6) is 0. The van der Waals surface area contributed by atoms with Crippen LogP contribution in [0.1, 0.15) is 20.8 Å². The lowest BCUT2D eigenvalue weighted by molar-refractivity contribution is 1.20. The molecule has 0 radical (unpaired) electrons. The van der Waals surface area contributed by atoms with Gasteiger partial charge in [-0.2, -0.15) is 0 Å². The van der Waals surface area contributed by atoms with Gasteiger partial charge in [-0.15, -0.1) is 22.7 Å². The second-order valence-corrected chi connectivity index (χ2v) is 16.1. The Labute approximate surface area is 205 Å². The Balaban J connectivity index is 0.000000151. The molecular weight excluding hydrogens is 453 g/mol. The van der Waals surface area contributed by atoms with Crippen molar-refractivity contribution < 1.29 is 0 Å². The van der Waals surface area contributed by atoms with Gasteiger partial charge in [0.05, 0.1) is 8.07 Å². The first-order valence-electron chi connectivity index (χ1n) is 12.0. The maximum Gasteiger partial charge on any atom is 0.0877 e. The molecule has 166 valence electrons. The Bertz CT molecular complexity index is 1480. The Morgan fingerprint density at radius 3 is 1.42 bits per heavy atom. The van der Waals surface area contributed by atoms with Crippen LogP contribution in [-0.4, -0.2) is 8.07 Å². The first-order chi connectivity index (χ1) is 16.2. The van der Waals surface area contributed by atoms with E-state index in [1.165, 1.54) is 53.8 Å². The molecule has 6 rings (SSSR count). The lowest BCUT2D eigenvalue weighted by atomic mass is 10.1. The fourth-order valence-corrected chi connectivity index (χ4v) is 11.9. The van der Waals surface area contributed by atoms with Crippen LogP contribution >= 0.6 is 22.7 Å². The molecule has 33 heavy (non-hydrogen) atoms. The largest absolute Gasteiger partial charge is 0.135 e. The summed E-state index contributed by atoms with van der Waals surface area (Å²) in [6, 6.07) is 37.0. The number of fused-ring (bicyclic) bond motifs is 6. The summed E-state index contributed by atoms with van der Waals surface area (Å²) in [6.45, 7) is 7.18. The zero-order chi connectivity index (χ0) is 22.8. The van der Waals surface area contributed by atoms with Gasteiger partial charge in [0.15, 0.2) is 0 Å². The van der Waals surface area contributed by atoms with Gasteiger partial charge < -0.3 is 0 Å². The first-order valence-corrected chi connectivity index (χ1v) is 16.2. The molecule has 0 aliphatic heterocycles. The van der Waals surface area contributed by atoms with E-state index in [2.05, 4.69) is 112 Å². The summed E-state index contributed by atoms with van der Waals surface area (Å²) in [5.41, 5.74) is 0. The van der Waals surface area contributed by atoms with Gasteiger partial charge in [0.2, 0.25) is 0 Å². The molecule has 2 heterocycles. The third-order valence-corrected chi connectivity index (χ3v) is 15.5. The highest BCUT2D eigenvalue weighted by Gasteiger charge is 2.31. The van der Waals surface area contributed by atoms with Gasteiger partial charge in [0.1, 0.15) is 0 Å². The molecule has 0 nitrogen and oxygen atoms in total. The quantitative estimate of drug-likeness (QED) is 0.219. The molecule has 6 aromatic rings. The normalized spacial score (nSPS) is 11.8. The van der Waals surface area contributed by atoms with Crippen LogP contribution in [0.2, 0.25) is 18.1 Å². The minimum Gasteiger partial charge on any atom is -0.135 e. The standard InChI is InChI=1S/C18H22SSi.C12H8S/c1-4-20(5-2,6-3)17-13-9-11-15-14-10-7-8-12-16(14)19-18(15)17;1-3-7-11-9(5-1)10-6-2-4-8-12(10)13-11/h7-13H,4-6H2,1-3H3;1-8H. The van der Waals surface area contributed by atoms with Crippen LogP contribution in [0.3, 0.4) is 0 Å². The molecule has 0 bridgehead atoms. The second kappa shape index (κ2) is 9.42. The highest BCUT2D eigenvalue weighted by Crippen LogP contribution is 2.35. The molecule has 0 unspecified atom stereocenters. The zero-order valence-electron chi connectivity index (χ0n) is 19.6. The van der Waals surface area contributed by atoms with Crippen LogP contribution in [0.15, 0.2) is 91.0 Å². The molecule has 0 N–H and O–H groups in total. The Morgan fingerprint density at radius 1 is 0.485 bits per heavy atom. The van der Waals surface area contributed by atoms with Crippen LogP contribution in [0.4, 0.5) is 0 Å². The van der Waals surface area contributed by atoms with E-state index >= 15 is 0 Å². The number of rotatable bonds is 4. The molecule has 0 saturated carbocycles. The minimum atomic E-state index is -1.31. The van der Waals surface area contributed by atoms with Crippen molar-refractivity contribution in [1.82, 2.24) is 0 Å². The van der Waals surface area contributed by atoms with Gasteiger partial charge in [-0.3, -0.25) is 0 Å². The molecule has 0 amide bonds. The monoisotopic (exact) mass is 482 g/mol. The summed E-state index contributed by atoms with van der Waals surface area (Å²) >= 11 is 3.86. The third-order valence-electron chi connectivity index (χ3n) is 7.29. The van der Waals surface area contributed by atoms with Gasteiger partial charge in [-0.1, -0.05) is 112 Å². The van der Waals surface area contributed by atoms with Crippen LogP contribution in [0.25, 0.3) is 40.3 Å². The van der Waals surface area contributed by atoms with Crippen LogP contribution < -0.4 is 5.19 Å². The highest BCUT2D eigenvalue weighted by molar-refractivity contribution is 7.27. The van der Waals surface area contributed by atoms with Crippen LogP contribution in [-0.2, 0) is 0 Å². The van der Waals surface area contributed by atoms with E-state index in [1.54, 1.807) is 9.89 Å². The van der Waals surface area contributed by atoms with Gasteiger partial charge in [0.25, 0.3) is 0 Å². The Morgan fingerprint density at radius 2 is 0.909 bits per heavy atom. The van der Waals surface area contributed by atoms with E-state index in [0.29, 0.717) is 0 Å². The predicted octanol–water partition coefficient (Wildman–Crippen LogP) is 9.82. The summed E-state index contributed by atoms with van der Waals surface area (Å²) in [4.78, 5) is 0. The molecule has 3 heteroatoms. The fourth-order valence-electron chi connectivity index (χ4n) is 5.16. The smallest absolute Gasteiger partial charge is 0.0877 e. The van der Waals surface area contributed by atoms with Crippen molar-refractivity contribution in [2.24, 2.45) is 0 Å². The SMILES string of the molecule is CC[Si](CC)(CC)c1cccc2c1sc1ccccc12.c1ccc2c(c1)sc1ccccc12. The number of benzene rings is 4. The van der Waals surface area contributed by atoms with E-state index in [9.17, 15) is 0 Å². The van der Waals surface area contributed by atoms with E-state index in [1.807, 2.05) is 22.7 Å². The summed E-state index contributed by atoms with van der Waals surface area (Å²) in [6.07, 6.45) is 0. The molecule has 0 saturated heterocycles. The number of thiophene rings is 2. The second-order valence-electron chi connectivity index (χ2n) is 8.72. The molecule has 0 atom stereocenters. The number of hydrogen-bond acceptors (Lipinski definition) is 2. The molecule has 2 aromatic heterocycles. The van der Waals surface area contributed by atoms with E-state index in [-0.39, 0.29) is 0 Å². The lowest BCUT2D eigenvalue weighted by Gasteiger charge is -2.29. The topological polar surface area (TPSA) is 0 Å². The maximum absolute atomic E-state index is 2.42. The first kappa shape index (κ1) is 22.3. The molecule has 0 aliphatic carbocycles. The van der Waals surface area contributed by atoms with E-state index in [0.717, 1.165) is 0 Å².